The second-order valence-electron chi connectivity index (χ2n) is 4.24. The van der Waals surface area contributed by atoms with Crippen LogP contribution in [0.2, 0.25) is 5.22 Å². The zero-order chi connectivity index (χ0) is 13.0. The van der Waals surface area contributed by atoms with Crippen LogP contribution in [0.3, 0.4) is 0 Å². The van der Waals surface area contributed by atoms with Crippen LogP contribution in [0.4, 0.5) is 0 Å². The molecule has 3 N–H and O–H groups in total. The van der Waals surface area contributed by atoms with E-state index >= 15 is 0 Å². The zero-order valence-electron chi connectivity index (χ0n) is 10.3. The summed E-state index contributed by atoms with van der Waals surface area (Å²) in [7, 11) is 0. The number of nitrogens with two attached hydrogens (primary N) is 1. The second kappa shape index (κ2) is 6.05. The van der Waals surface area contributed by atoms with Crippen molar-refractivity contribution in [2.24, 2.45) is 5.84 Å². The highest BCUT2D eigenvalue weighted by Gasteiger charge is 2.16. The van der Waals surface area contributed by atoms with Crippen molar-refractivity contribution in [2.75, 3.05) is 0 Å². The molecule has 0 bridgehead atoms. The first kappa shape index (κ1) is 13.1. The second-order valence-corrected chi connectivity index (χ2v) is 4.59. The average Bonchev–Trinajstić information content (AvgIpc) is 2.83. The molecule has 18 heavy (non-hydrogen) atoms. The molecule has 0 radical (unpaired) electrons. The number of furan rings is 1. The first-order valence-corrected chi connectivity index (χ1v) is 6.39. The molecule has 0 amide bonds. The molecule has 1 aromatic heterocycles. The highest BCUT2D eigenvalue weighted by molar-refractivity contribution is 6.29. The van der Waals surface area contributed by atoms with Crippen LogP contribution in [-0.2, 0) is 12.8 Å². The maximum absolute atomic E-state index is 5.96. The van der Waals surface area contributed by atoms with E-state index < -0.39 is 0 Å². The molecule has 0 aliphatic heterocycles. The molecule has 2 rings (SSSR count). The van der Waals surface area contributed by atoms with Gasteiger partial charge in [0.1, 0.15) is 0 Å². The summed E-state index contributed by atoms with van der Waals surface area (Å²) in [6, 6.07) is 10.3. The number of hydrogen-bond donors (Lipinski definition) is 2. The van der Waals surface area contributed by atoms with Crippen molar-refractivity contribution in [2.45, 2.75) is 25.8 Å². The molecule has 0 aliphatic rings. The lowest BCUT2D eigenvalue weighted by molar-refractivity contribution is 0.527. The SMILES string of the molecule is CCc1ccc(CC(NN)c2ccoc2Cl)cc1. The molecular formula is C14H17ClN2O. The van der Waals surface area contributed by atoms with Crippen molar-refractivity contribution in [1.29, 1.82) is 0 Å². The Kier molecular flexibility index (Phi) is 4.42. The third kappa shape index (κ3) is 2.93. The summed E-state index contributed by atoms with van der Waals surface area (Å²) in [6.45, 7) is 2.14. The molecule has 0 saturated heterocycles. The summed E-state index contributed by atoms with van der Waals surface area (Å²) in [5, 5.41) is 0.392. The molecule has 0 saturated carbocycles. The van der Waals surface area contributed by atoms with Crippen LogP contribution in [0.1, 0.15) is 29.7 Å². The van der Waals surface area contributed by atoms with Crippen LogP contribution in [0.5, 0.6) is 0 Å². The molecule has 4 heteroatoms. The molecular weight excluding hydrogens is 248 g/mol. The lowest BCUT2D eigenvalue weighted by atomic mass is 10.0. The first-order chi connectivity index (χ1) is 8.74. The number of hydrazine groups is 1. The fraction of sp³-hybridized carbons (Fsp3) is 0.286. The van der Waals surface area contributed by atoms with Crippen LogP contribution in [0.25, 0.3) is 0 Å². The number of benzene rings is 1. The highest BCUT2D eigenvalue weighted by Crippen LogP contribution is 2.26. The summed E-state index contributed by atoms with van der Waals surface area (Å²) in [4.78, 5) is 0. The van der Waals surface area contributed by atoms with E-state index in [-0.39, 0.29) is 6.04 Å². The van der Waals surface area contributed by atoms with Gasteiger partial charge in [-0.05, 0) is 41.6 Å². The standard InChI is InChI=1S/C14H17ClN2O/c1-2-10-3-5-11(6-4-10)9-13(17-16)12-7-8-18-14(12)15/h3-8,13,17H,2,9,16H2,1H3. The van der Waals surface area contributed by atoms with E-state index in [0.29, 0.717) is 5.22 Å². The summed E-state index contributed by atoms with van der Waals surface area (Å²) in [5.41, 5.74) is 6.21. The van der Waals surface area contributed by atoms with Gasteiger partial charge in [0.2, 0.25) is 0 Å². The van der Waals surface area contributed by atoms with Crippen molar-refractivity contribution in [3.63, 3.8) is 0 Å². The Hall–Kier alpha value is -1.29. The van der Waals surface area contributed by atoms with Crippen LogP contribution in [-0.4, -0.2) is 0 Å². The Balaban J connectivity index is 2.13. The Morgan fingerprint density at radius 3 is 2.39 bits per heavy atom. The van der Waals surface area contributed by atoms with Crippen molar-refractivity contribution < 1.29 is 4.42 Å². The molecule has 96 valence electrons. The third-order valence-electron chi connectivity index (χ3n) is 3.09. The van der Waals surface area contributed by atoms with E-state index in [1.807, 2.05) is 6.07 Å². The molecule has 0 aliphatic carbocycles. The van der Waals surface area contributed by atoms with E-state index in [4.69, 9.17) is 21.9 Å². The van der Waals surface area contributed by atoms with Crippen molar-refractivity contribution in [1.82, 2.24) is 5.43 Å². The molecule has 0 fully saturated rings. The number of aryl methyl sites for hydroxylation is 1. The first-order valence-electron chi connectivity index (χ1n) is 6.01. The fourth-order valence-electron chi connectivity index (χ4n) is 1.96. The van der Waals surface area contributed by atoms with E-state index in [9.17, 15) is 0 Å². The summed E-state index contributed by atoms with van der Waals surface area (Å²) >= 11 is 5.96. The maximum atomic E-state index is 5.96. The van der Waals surface area contributed by atoms with E-state index in [0.717, 1.165) is 18.4 Å². The average molecular weight is 265 g/mol. The smallest absolute Gasteiger partial charge is 0.197 e. The summed E-state index contributed by atoms with van der Waals surface area (Å²) in [6.07, 6.45) is 3.40. The van der Waals surface area contributed by atoms with Crippen LogP contribution in [0.15, 0.2) is 41.0 Å². The van der Waals surface area contributed by atoms with Crippen LogP contribution in [0, 0.1) is 0 Å². The molecule has 0 spiro atoms. The van der Waals surface area contributed by atoms with Gasteiger partial charge in [-0.3, -0.25) is 11.3 Å². The van der Waals surface area contributed by atoms with Gasteiger partial charge in [-0.1, -0.05) is 31.2 Å². The van der Waals surface area contributed by atoms with Crippen LogP contribution >= 0.6 is 11.6 Å². The number of rotatable bonds is 5. The minimum absolute atomic E-state index is 0.0382. The molecule has 1 atom stereocenters. The van der Waals surface area contributed by atoms with Gasteiger partial charge in [0, 0.05) is 5.56 Å². The minimum Gasteiger partial charge on any atom is -0.453 e. The Labute approximate surface area is 112 Å². The molecule has 1 aromatic carbocycles. The predicted octanol–water partition coefficient (Wildman–Crippen LogP) is 3.24. The quantitative estimate of drug-likeness (QED) is 0.644. The summed E-state index contributed by atoms with van der Waals surface area (Å²) in [5.74, 6) is 5.59. The van der Waals surface area contributed by atoms with Gasteiger partial charge in [0.15, 0.2) is 5.22 Å². The van der Waals surface area contributed by atoms with Gasteiger partial charge >= 0.3 is 0 Å². The third-order valence-corrected chi connectivity index (χ3v) is 3.40. The van der Waals surface area contributed by atoms with Crippen molar-refractivity contribution in [3.05, 3.63) is 58.5 Å². The lowest BCUT2D eigenvalue weighted by Gasteiger charge is -2.15. The fourth-order valence-corrected chi connectivity index (χ4v) is 2.21. The number of halogens is 1. The highest BCUT2D eigenvalue weighted by atomic mass is 35.5. The van der Waals surface area contributed by atoms with Gasteiger partial charge in [0.25, 0.3) is 0 Å². The Bertz CT molecular complexity index is 493. The topological polar surface area (TPSA) is 51.2 Å². The Morgan fingerprint density at radius 1 is 1.22 bits per heavy atom. The van der Waals surface area contributed by atoms with Crippen molar-refractivity contribution in [3.8, 4) is 0 Å². The lowest BCUT2D eigenvalue weighted by Crippen LogP contribution is -2.29. The maximum Gasteiger partial charge on any atom is 0.197 e. The Morgan fingerprint density at radius 2 is 1.89 bits per heavy atom. The normalized spacial score (nSPS) is 12.6. The molecule has 3 nitrogen and oxygen atoms in total. The minimum atomic E-state index is -0.0382. The van der Waals surface area contributed by atoms with Gasteiger partial charge in [-0.2, -0.15) is 0 Å². The monoisotopic (exact) mass is 264 g/mol. The molecule has 1 unspecified atom stereocenters. The van der Waals surface area contributed by atoms with Gasteiger partial charge < -0.3 is 4.42 Å². The van der Waals surface area contributed by atoms with Gasteiger partial charge in [-0.25, -0.2) is 0 Å². The summed E-state index contributed by atoms with van der Waals surface area (Å²) < 4.78 is 5.09. The number of hydrogen-bond acceptors (Lipinski definition) is 3. The van der Waals surface area contributed by atoms with E-state index in [1.165, 1.54) is 11.1 Å². The van der Waals surface area contributed by atoms with Crippen molar-refractivity contribution >= 4 is 11.6 Å². The van der Waals surface area contributed by atoms with Gasteiger partial charge in [0.05, 0.1) is 12.3 Å². The largest absolute Gasteiger partial charge is 0.453 e. The van der Waals surface area contributed by atoms with Crippen LogP contribution < -0.4 is 11.3 Å². The molecule has 1 heterocycles. The number of nitrogens with one attached hydrogen (secondary N) is 1. The van der Waals surface area contributed by atoms with E-state index in [2.05, 4.69) is 36.6 Å². The van der Waals surface area contributed by atoms with E-state index in [1.54, 1.807) is 6.26 Å². The predicted molar refractivity (Wildman–Crippen MR) is 73.3 cm³/mol. The molecule has 2 aromatic rings. The zero-order valence-corrected chi connectivity index (χ0v) is 11.1. The van der Waals surface area contributed by atoms with Gasteiger partial charge in [-0.15, -0.1) is 0 Å².